The van der Waals surface area contributed by atoms with E-state index >= 15 is 0 Å². The highest BCUT2D eigenvalue weighted by molar-refractivity contribution is 8.01. The predicted octanol–water partition coefficient (Wildman–Crippen LogP) is 3.85. The van der Waals surface area contributed by atoms with Crippen molar-refractivity contribution in [3.8, 4) is 0 Å². The fourth-order valence-corrected chi connectivity index (χ4v) is 3.83. The number of hydrogen-bond donors (Lipinski definition) is 1. The molecule has 17 heavy (non-hydrogen) atoms. The molecule has 0 unspecified atom stereocenters. The van der Waals surface area contributed by atoms with E-state index in [0.29, 0.717) is 15.0 Å². The molecular weight excluding hydrogens is 258 g/mol. The molecule has 0 aliphatic heterocycles. The maximum absolute atomic E-state index is 10.9. The first-order valence-electron chi connectivity index (χ1n) is 5.50. The van der Waals surface area contributed by atoms with Gasteiger partial charge in [-0.3, -0.25) is 10.1 Å². The molecule has 0 saturated heterocycles. The normalized spacial score (nSPS) is 13.0. The van der Waals surface area contributed by atoms with Crippen molar-refractivity contribution in [3.63, 3.8) is 0 Å². The number of aliphatic hydroxyl groups is 1. The number of thioether (sulfide) groups is 1. The second kappa shape index (κ2) is 6.37. The molecule has 6 heteroatoms. The van der Waals surface area contributed by atoms with Crippen molar-refractivity contribution in [1.82, 2.24) is 0 Å². The molecule has 0 aromatic carbocycles. The first-order valence-corrected chi connectivity index (χ1v) is 7.31. The monoisotopic (exact) mass is 275 g/mol. The fraction of sp³-hybridized carbons (Fsp3) is 0.636. The standard InChI is InChI=1S/C11H17NO3S2/c1-7(2)4-5-16-11-9(12(14)15)6-10(17-11)8(3)13/h6-8,13H,4-5H2,1-3H3/t8-/m0/s1. The summed E-state index contributed by atoms with van der Waals surface area (Å²) >= 11 is 2.83. The fourth-order valence-electron chi connectivity index (χ4n) is 1.21. The van der Waals surface area contributed by atoms with Gasteiger partial charge in [-0.2, -0.15) is 0 Å². The summed E-state index contributed by atoms with van der Waals surface area (Å²) < 4.78 is 0.701. The highest BCUT2D eigenvalue weighted by Gasteiger charge is 2.21. The van der Waals surface area contributed by atoms with Crippen LogP contribution in [0.25, 0.3) is 0 Å². The molecule has 1 N–H and O–H groups in total. The average Bonchev–Trinajstić information content (AvgIpc) is 2.61. The largest absolute Gasteiger partial charge is 0.388 e. The third-order valence-corrected chi connectivity index (χ3v) is 4.84. The second-order valence-electron chi connectivity index (χ2n) is 4.29. The maximum atomic E-state index is 10.9. The lowest BCUT2D eigenvalue weighted by molar-refractivity contribution is -0.387. The molecule has 96 valence electrons. The lowest BCUT2D eigenvalue weighted by atomic mass is 10.2. The quantitative estimate of drug-likeness (QED) is 0.486. The summed E-state index contributed by atoms with van der Waals surface area (Å²) in [5.74, 6) is 1.47. The SMILES string of the molecule is CC(C)CCSc1sc([C@H](C)O)cc1[N+](=O)[O-]. The summed E-state index contributed by atoms with van der Waals surface area (Å²) in [5, 5.41) is 20.3. The Kier molecular flexibility index (Phi) is 5.42. The summed E-state index contributed by atoms with van der Waals surface area (Å²) in [4.78, 5) is 11.2. The van der Waals surface area contributed by atoms with Crippen LogP contribution in [0.1, 0.15) is 38.2 Å². The van der Waals surface area contributed by atoms with Crippen molar-refractivity contribution in [2.24, 2.45) is 5.92 Å². The molecule has 1 rings (SSSR count). The van der Waals surface area contributed by atoms with Crippen LogP contribution in [-0.2, 0) is 0 Å². The number of hydrogen-bond acceptors (Lipinski definition) is 5. The third-order valence-electron chi connectivity index (χ3n) is 2.24. The molecule has 0 amide bonds. The van der Waals surface area contributed by atoms with Crippen LogP contribution in [0.5, 0.6) is 0 Å². The Balaban J connectivity index is 2.78. The van der Waals surface area contributed by atoms with E-state index < -0.39 is 6.10 Å². The molecule has 0 bridgehead atoms. The molecule has 1 aromatic rings. The van der Waals surface area contributed by atoms with Gasteiger partial charge in [-0.05, 0) is 25.0 Å². The molecule has 4 nitrogen and oxygen atoms in total. The number of rotatable bonds is 6. The van der Waals surface area contributed by atoms with Crippen LogP contribution in [0, 0.1) is 16.0 Å². The van der Waals surface area contributed by atoms with E-state index in [1.54, 1.807) is 6.92 Å². The summed E-state index contributed by atoms with van der Waals surface area (Å²) in [6, 6.07) is 1.48. The summed E-state index contributed by atoms with van der Waals surface area (Å²) in [7, 11) is 0. The highest BCUT2D eigenvalue weighted by Crippen LogP contribution is 2.40. The first-order chi connectivity index (χ1) is 7.91. The van der Waals surface area contributed by atoms with Gasteiger partial charge in [0.05, 0.1) is 11.0 Å². The molecule has 0 aliphatic carbocycles. The van der Waals surface area contributed by atoms with Crippen LogP contribution in [-0.4, -0.2) is 15.8 Å². The molecule has 1 aromatic heterocycles. The van der Waals surface area contributed by atoms with Gasteiger partial charge in [0.25, 0.3) is 5.69 Å². The minimum atomic E-state index is -0.641. The van der Waals surface area contributed by atoms with Crippen molar-refractivity contribution in [2.75, 3.05) is 5.75 Å². The number of nitrogens with zero attached hydrogens (tertiary/aromatic N) is 1. The van der Waals surface area contributed by atoms with Crippen LogP contribution in [0.15, 0.2) is 10.3 Å². The Hall–Kier alpha value is -0.590. The van der Waals surface area contributed by atoms with Gasteiger partial charge in [0, 0.05) is 10.9 Å². The zero-order valence-electron chi connectivity index (χ0n) is 10.2. The van der Waals surface area contributed by atoms with Crippen LogP contribution in [0.2, 0.25) is 0 Å². The third kappa shape index (κ3) is 4.29. The topological polar surface area (TPSA) is 63.4 Å². The van der Waals surface area contributed by atoms with Crippen molar-refractivity contribution < 1.29 is 10.0 Å². The van der Waals surface area contributed by atoms with Gasteiger partial charge in [0.2, 0.25) is 0 Å². The molecule has 0 radical (unpaired) electrons. The summed E-state index contributed by atoms with van der Waals surface area (Å²) in [5.41, 5.74) is 0.125. The average molecular weight is 275 g/mol. The molecule has 0 aliphatic rings. The zero-order chi connectivity index (χ0) is 13.0. The predicted molar refractivity (Wildman–Crippen MR) is 71.8 cm³/mol. The Morgan fingerprint density at radius 2 is 2.18 bits per heavy atom. The van der Waals surface area contributed by atoms with E-state index in [2.05, 4.69) is 13.8 Å². The molecule has 1 atom stereocenters. The van der Waals surface area contributed by atoms with E-state index in [0.717, 1.165) is 12.2 Å². The van der Waals surface area contributed by atoms with E-state index in [4.69, 9.17) is 0 Å². The van der Waals surface area contributed by atoms with E-state index in [9.17, 15) is 15.2 Å². The van der Waals surface area contributed by atoms with Gasteiger partial charge in [0.1, 0.15) is 4.21 Å². The van der Waals surface area contributed by atoms with E-state index in [1.165, 1.54) is 29.2 Å². The smallest absolute Gasteiger partial charge is 0.294 e. The lowest BCUT2D eigenvalue weighted by Gasteiger charge is -2.02. The Morgan fingerprint density at radius 1 is 1.53 bits per heavy atom. The summed E-state index contributed by atoms with van der Waals surface area (Å²) in [6.07, 6.45) is 0.391. The number of thiophene rings is 1. The van der Waals surface area contributed by atoms with E-state index in [1.807, 2.05) is 0 Å². The van der Waals surface area contributed by atoms with Gasteiger partial charge in [-0.15, -0.1) is 23.1 Å². The minimum absolute atomic E-state index is 0.125. The van der Waals surface area contributed by atoms with Crippen LogP contribution in [0.4, 0.5) is 5.69 Å². The molecule has 1 heterocycles. The van der Waals surface area contributed by atoms with Gasteiger partial charge < -0.3 is 5.11 Å². The van der Waals surface area contributed by atoms with Crippen LogP contribution < -0.4 is 0 Å². The first kappa shape index (κ1) is 14.5. The molecule has 0 fully saturated rings. The molecular formula is C11H17NO3S2. The maximum Gasteiger partial charge on any atom is 0.294 e. The van der Waals surface area contributed by atoms with Gasteiger partial charge >= 0.3 is 0 Å². The number of nitro groups is 1. The van der Waals surface area contributed by atoms with E-state index in [-0.39, 0.29) is 10.6 Å². The zero-order valence-corrected chi connectivity index (χ0v) is 11.8. The van der Waals surface area contributed by atoms with Crippen LogP contribution in [0.3, 0.4) is 0 Å². The second-order valence-corrected chi connectivity index (χ2v) is 6.73. The van der Waals surface area contributed by atoms with Crippen molar-refractivity contribution in [3.05, 3.63) is 21.1 Å². The summed E-state index contributed by atoms with van der Waals surface area (Å²) in [6.45, 7) is 5.88. The van der Waals surface area contributed by atoms with Gasteiger partial charge in [-0.25, -0.2) is 0 Å². The van der Waals surface area contributed by atoms with Gasteiger partial charge in [-0.1, -0.05) is 13.8 Å². The van der Waals surface area contributed by atoms with Crippen molar-refractivity contribution in [2.45, 2.75) is 37.5 Å². The number of aliphatic hydroxyl groups excluding tert-OH is 1. The van der Waals surface area contributed by atoms with Gasteiger partial charge in [0.15, 0.2) is 0 Å². The highest BCUT2D eigenvalue weighted by atomic mass is 32.2. The van der Waals surface area contributed by atoms with Crippen LogP contribution >= 0.6 is 23.1 Å². The molecule has 0 saturated carbocycles. The molecule has 0 spiro atoms. The Morgan fingerprint density at radius 3 is 2.65 bits per heavy atom. The van der Waals surface area contributed by atoms with Crippen molar-refractivity contribution in [1.29, 1.82) is 0 Å². The van der Waals surface area contributed by atoms with Crippen molar-refractivity contribution >= 4 is 28.8 Å². The Labute approximate surface area is 109 Å². The minimum Gasteiger partial charge on any atom is -0.388 e. The Bertz CT molecular complexity index is 388. The lowest BCUT2D eigenvalue weighted by Crippen LogP contribution is -1.90.